The summed E-state index contributed by atoms with van der Waals surface area (Å²) in [4.78, 5) is 10.4. The second kappa shape index (κ2) is 3.56. The Hall–Kier alpha value is -0.570. The molecule has 0 aliphatic carbocycles. The van der Waals surface area contributed by atoms with Crippen molar-refractivity contribution in [2.45, 2.75) is 12.8 Å². The van der Waals surface area contributed by atoms with Crippen molar-refractivity contribution in [2.24, 2.45) is 0 Å². The molecule has 0 amide bonds. The Morgan fingerprint density at radius 1 is 1.60 bits per heavy atom. The van der Waals surface area contributed by atoms with Crippen LogP contribution in [0.15, 0.2) is 0 Å². The fourth-order valence-electron chi connectivity index (χ4n) is 0.467. The highest BCUT2D eigenvalue weighted by Gasteiger charge is 2.07. The van der Waals surface area contributed by atoms with Crippen molar-refractivity contribution >= 4 is 5.97 Å². The Labute approximate surface area is 74.5 Å². The molecule has 0 aromatic carbocycles. The van der Waals surface area contributed by atoms with Gasteiger partial charge in [-0.1, -0.05) is 0 Å². The van der Waals surface area contributed by atoms with Gasteiger partial charge in [-0.3, -0.25) is 4.79 Å². The maximum atomic E-state index is 10.4. The van der Waals surface area contributed by atoms with E-state index in [1.54, 1.807) is 0 Å². The number of aliphatic carboxylic acids is 1. The molecule has 60 valence electrons. The molecule has 0 saturated heterocycles. The van der Waals surface area contributed by atoms with Crippen LogP contribution in [0.4, 0.5) is 0 Å². The molecule has 0 aliphatic heterocycles. The third kappa shape index (κ3) is 7.43. The average Bonchev–Trinajstić information content (AvgIpc) is 2.04. The number of carboxylic acids is 1. The lowest BCUT2D eigenvalue weighted by molar-refractivity contribution is -0.870. The van der Waals surface area contributed by atoms with Crippen LogP contribution in [0.25, 0.3) is 0 Å². The first-order valence-corrected chi connectivity index (χ1v) is 2.77. The summed E-state index contributed by atoms with van der Waals surface area (Å²) in [7, 11) is 0. The van der Waals surface area contributed by atoms with Gasteiger partial charge in [0.25, 0.3) is 0 Å². The van der Waals surface area contributed by atoms with Crippen molar-refractivity contribution in [3.05, 3.63) is 0 Å². The minimum atomic E-state index is -3.31. The van der Waals surface area contributed by atoms with Gasteiger partial charge in [0.2, 0.25) is 0 Å². The molecule has 3 nitrogen and oxygen atoms in total. The second-order valence-electron chi connectivity index (χ2n) is 2.03. The Morgan fingerprint density at radius 3 is 2.60 bits per heavy atom. The van der Waals surface area contributed by atoms with Crippen LogP contribution in [0.3, 0.4) is 0 Å². The Bertz CT molecular complexity index is 293. The van der Waals surface area contributed by atoms with Crippen LogP contribution in [0.5, 0.6) is 0 Å². The first-order valence-electron chi connectivity index (χ1n) is 7.27. The Kier molecular flexibility index (Phi) is 0.786. The van der Waals surface area contributed by atoms with E-state index in [4.69, 9.17) is 17.4 Å². The zero-order chi connectivity index (χ0) is 15.7. The molecular weight excluding hydrogens is 130 g/mol. The molecule has 10 heavy (non-hydrogen) atoms. The van der Waals surface area contributed by atoms with Crippen molar-refractivity contribution in [1.29, 1.82) is 0 Å². The van der Waals surface area contributed by atoms with Crippen molar-refractivity contribution in [2.75, 3.05) is 27.5 Å². The maximum absolute atomic E-state index is 10.4. The number of carbonyl (C=O) groups is 1. The second-order valence-corrected chi connectivity index (χ2v) is 2.03. The molecule has 3 heteroatoms. The first-order chi connectivity index (χ1) is 8.17. The van der Waals surface area contributed by atoms with Gasteiger partial charge in [0.05, 0.1) is 46.2 Å². The molecule has 1 N–H and O–H groups in total. The van der Waals surface area contributed by atoms with E-state index in [0.717, 1.165) is 0 Å². The van der Waals surface area contributed by atoms with Crippen LogP contribution >= 0.6 is 0 Å². The predicted molar refractivity (Wildman–Crippen MR) is 39.8 cm³/mol. The maximum Gasteiger partial charge on any atom is 0.303 e. The molecule has 0 spiro atoms. The summed E-state index contributed by atoms with van der Waals surface area (Å²) in [5, 5.41) is 8.49. The molecular formula is C7H16NO2+. The third-order valence-electron chi connectivity index (χ3n) is 0.884. The molecule has 0 rings (SSSR count). The van der Waals surface area contributed by atoms with E-state index in [9.17, 15) is 4.79 Å². The van der Waals surface area contributed by atoms with Crippen molar-refractivity contribution in [3.63, 3.8) is 0 Å². The van der Waals surface area contributed by atoms with Gasteiger partial charge >= 0.3 is 5.97 Å². The van der Waals surface area contributed by atoms with Crippen molar-refractivity contribution < 1.29 is 26.7 Å². The van der Waals surface area contributed by atoms with Gasteiger partial charge in [0.1, 0.15) is 0 Å². The van der Waals surface area contributed by atoms with E-state index < -0.39 is 44.3 Å². The highest BCUT2D eigenvalue weighted by atomic mass is 16.4. The van der Waals surface area contributed by atoms with Crippen molar-refractivity contribution in [1.82, 2.24) is 0 Å². The molecule has 0 aliphatic rings. The van der Waals surface area contributed by atoms with Crippen LogP contribution in [0, 0.1) is 0 Å². The smallest absolute Gasteiger partial charge is 0.303 e. The number of carboxylic acid groups (broad SMARTS) is 1. The summed E-state index contributed by atoms with van der Waals surface area (Å²) in [6.45, 7) is -10.7. The monoisotopic (exact) mass is 155 g/mol. The van der Waals surface area contributed by atoms with E-state index in [2.05, 4.69) is 0 Å². The van der Waals surface area contributed by atoms with Gasteiger partial charge in [-0.05, 0) is 0 Å². The molecule has 0 bridgehead atoms. The summed E-state index contributed by atoms with van der Waals surface area (Å²) in [5.41, 5.74) is 0. The van der Waals surface area contributed by atoms with Gasteiger partial charge in [-0.2, -0.15) is 0 Å². The number of rotatable bonds is 4. The average molecular weight is 155 g/mol. The quantitative estimate of drug-likeness (QED) is 0.602. The lowest BCUT2D eigenvalue weighted by Crippen LogP contribution is -2.35. The summed E-state index contributed by atoms with van der Waals surface area (Å²) in [5.74, 6) is -1.25. The number of quaternary nitrogens is 1. The zero-order valence-electron chi connectivity index (χ0n) is 14.4. The molecule has 0 aromatic rings. The van der Waals surface area contributed by atoms with Gasteiger partial charge < -0.3 is 9.59 Å². The minimum absolute atomic E-state index is 0.357. The lowest BCUT2D eigenvalue weighted by atomic mass is 10.3. The summed E-state index contributed by atoms with van der Waals surface area (Å²) >= 11 is 0. The van der Waals surface area contributed by atoms with Crippen LogP contribution in [-0.4, -0.2) is 43.0 Å². The van der Waals surface area contributed by atoms with Crippen LogP contribution in [0.2, 0.25) is 0 Å². The number of hydrogen-bond donors (Lipinski definition) is 1. The standard InChI is InChI=1S/C7H15NO2/c1-8(2,3)6-4-5-7(9)10/h4-6H2,1-3H3/p+1/i1D3,2D3,3D3. The molecule has 0 fully saturated rings. The van der Waals surface area contributed by atoms with E-state index >= 15 is 0 Å². The third-order valence-corrected chi connectivity index (χ3v) is 0.884. The summed E-state index contributed by atoms with van der Waals surface area (Å²) < 4.78 is 63.4. The molecule has 0 unspecified atom stereocenters. The first kappa shape index (κ1) is 2.21. The van der Waals surface area contributed by atoms with Gasteiger partial charge in [0, 0.05) is 6.42 Å². The van der Waals surface area contributed by atoms with Crippen LogP contribution < -0.4 is 0 Å². The number of hydrogen-bond acceptors (Lipinski definition) is 1. The van der Waals surface area contributed by atoms with Crippen LogP contribution in [-0.2, 0) is 4.79 Å². The highest BCUT2D eigenvalue weighted by molar-refractivity contribution is 5.66. The zero-order valence-corrected chi connectivity index (χ0v) is 5.42. The SMILES string of the molecule is [2H]C([2H])([2H])[N+](CCCC(=O)O)(C([2H])([2H])[2H])C([2H])([2H])[2H]. The molecule has 0 atom stereocenters. The fourth-order valence-corrected chi connectivity index (χ4v) is 0.467. The molecule has 0 heterocycles. The Morgan fingerprint density at radius 2 is 2.20 bits per heavy atom. The molecule has 0 aromatic heterocycles. The minimum Gasteiger partial charge on any atom is -0.481 e. The largest absolute Gasteiger partial charge is 0.481 e. The van der Waals surface area contributed by atoms with Gasteiger partial charge in [-0.15, -0.1) is 0 Å². The fraction of sp³-hybridized carbons (Fsp3) is 0.857. The van der Waals surface area contributed by atoms with Crippen LogP contribution in [0.1, 0.15) is 25.2 Å². The van der Waals surface area contributed by atoms with E-state index in [0.29, 0.717) is 0 Å². The highest BCUT2D eigenvalue weighted by Crippen LogP contribution is 1.96. The van der Waals surface area contributed by atoms with Gasteiger partial charge in [-0.25, -0.2) is 0 Å². The van der Waals surface area contributed by atoms with Gasteiger partial charge in [0.15, 0.2) is 0 Å². The van der Waals surface area contributed by atoms with E-state index in [1.165, 1.54) is 0 Å². The van der Waals surface area contributed by atoms with E-state index in [1.807, 2.05) is 0 Å². The normalized spacial score (nSPS) is 28.6. The number of nitrogens with zero attached hydrogens (tertiary/aromatic N) is 1. The predicted octanol–water partition coefficient (Wildman–Crippen LogP) is 0.557. The molecule has 0 radical (unpaired) electrons. The summed E-state index contributed by atoms with van der Waals surface area (Å²) in [6.07, 6.45) is -0.854. The van der Waals surface area contributed by atoms with E-state index in [-0.39, 0.29) is 6.42 Å². The summed E-state index contributed by atoms with van der Waals surface area (Å²) in [6, 6.07) is 0. The Balaban J connectivity index is 5.62. The molecule has 0 saturated carbocycles. The topological polar surface area (TPSA) is 37.3 Å². The van der Waals surface area contributed by atoms with Crippen molar-refractivity contribution in [3.8, 4) is 0 Å². The lowest BCUT2D eigenvalue weighted by Gasteiger charge is -2.23.